The molecule has 0 spiro atoms. The molecule has 3 rings (SSSR count). The average molecular weight is 250 g/mol. The molecule has 88 valence electrons. The molecule has 0 fully saturated rings. The molecule has 1 aromatic heterocycles. The van der Waals surface area contributed by atoms with Crippen molar-refractivity contribution in [2.24, 2.45) is 0 Å². The van der Waals surface area contributed by atoms with Crippen molar-refractivity contribution in [2.45, 2.75) is 6.92 Å². The summed E-state index contributed by atoms with van der Waals surface area (Å²) in [5.41, 5.74) is 3.86. The van der Waals surface area contributed by atoms with E-state index in [4.69, 9.17) is 0 Å². The first-order chi connectivity index (χ1) is 8.83. The highest BCUT2D eigenvalue weighted by Crippen LogP contribution is 2.27. The maximum atomic E-state index is 2.22. The molecular weight excluding hydrogens is 236 g/mol. The van der Waals surface area contributed by atoms with Gasteiger partial charge in [0.05, 0.1) is 0 Å². The van der Waals surface area contributed by atoms with Gasteiger partial charge in [-0.15, -0.1) is 11.3 Å². The maximum absolute atomic E-state index is 2.22. The molecule has 3 aromatic rings. The summed E-state index contributed by atoms with van der Waals surface area (Å²) in [6, 6.07) is 17.1. The molecule has 0 amide bonds. The molecule has 0 aliphatic heterocycles. The van der Waals surface area contributed by atoms with Crippen molar-refractivity contribution >= 4 is 33.6 Å². The monoisotopic (exact) mass is 250 g/mol. The molecule has 2 aromatic carbocycles. The molecular formula is C17H14S. The highest BCUT2D eigenvalue weighted by atomic mass is 32.1. The lowest BCUT2D eigenvalue weighted by atomic mass is 10.1. The molecule has 0 aliphatic rings. The van der Waals surface area contributed by atoms with Gasteiger partial charge in [-0.3, -0.25) is 0 Å². The smallest absolute Gasteiger partial charge is 0.0348 e. The third kappa shape index (κ3) is 2.22. The van der Waals surface area contributed by atoms with Crippen LogP contribution in [0.25, 0.3) is 22.2 Å². The number of aryl methyl sites for hydroxylation is 1. The number of thiophene rings is 1. The SMILES string of the molecule is Cc1cccc(/C=C\c2csc3ccccc23)c1. The predicted molar refractivity (Wildman–Crippen MR) is 81.9 cm³/mol. The van der Waals surface area contributed by atoms with Crippen molar-refractivity contribution in [3.8, 4) is 0 Å². The summed E-state index contributed by atoms with van der Waals surface area (Å²) in [4.78, 5) is 0. The van der Waals surface area contributed by atoms with Crippen molar-refractivity contribution < 1.29 is 0 Å². The van der Waals surface area contributed by atoms with Gasteiger partial charge in [-0.25, -0.2) is 0 Å². The molecule has 0 N–H and O–H groups in total. The topological polar surface area (TPSA) is 0 Å². The van der Waals surface area contributed by atoms with E-state index in [1.54, 1.807) is 11.3 Å². The van der Waals surface area contributed by atoms with Crippen LogP contribution in [0.3, 0.4) is 0 Å². The van der Waals surface area contributed by atoms with Crippen LogP contribution in [0.2, 0.25) is 0 Å². The molecule has 0 atom stereocenters. The van der Waals surface area contributed by atoms with Gasteiger partial charge in [-0.05, 0) is 34.9 Å². The highest BCUT2D eigenvalue weighted by molar-refractivity contribution is 7.17. The van der Waals surface area contributed by atoms with Crippen LogP contribution in [0.1, 0.15) is 16.7 Å². The second kappa shape index (κ2) is 4.79. The zero-order valence-corrected chi connectivity index (χ0v) is 11.1. The summed E-state index contributed by atoms with van der Waals surface area (Å²) in [5, 5.41) is 3.56. The molecule has 0 saturated carbocycles. The minimum Gasteiger partial charge on any atom is -0.143 e. The number of hydrogen-bond donors (Lipinski definition) is 0. The molecule has 0 bridgehead atoms. The minimum absolute atomic E-state index is 1.25. The summed E-state index contributed by atoms with van der Waals surface area (Å²) < 4.78 is 1.35. The van der Waals surface area contributed by atoms with Crippen LogP contribution in [-0.4, -0.2) is 0 Å². The first kappa shape index (κ1) is 11.2. The maximum Gasteiger partial charge on any atom is 0.0348 e. The third-order valence-corrected chi connectivity index (χ3v) is 3.99. The van der Waals surface area contributed by atoms with Gasteiger partial charge in [0.25, 0.3) is 0 Å². The van der Waals surface area contributed by atoms with Gasteiger partial charge < -0.3 is 0 Å². The van der Waals surface area contributed by atoms with Crippen LogP contribution in [0, 0.1) is 6.92 Å². The number of hydrogen-bond acceptors (Lipinski definition) is 1. The Morgan fingerprint density at radius 3 is 2.72 bits per heavy atom. The molecule has 0 unspecified atom stereocenters. The van der Waals surface area contributed by atoms with Crippen LogP contribution in [0.5, 0.6) is 0 Å². The summed E-state index contributed by atoms with van der Waals surface area (Å²) in [6.45, 7) is 2.12. The van der Waals surface area contributed by atoms with Crippen LogP contribution in [0.4, 0.5) is 0 Å². The first-order valence-electron chi connectivity index (χ1n) is 6.04. The lowest BCUT2D eigenvalue weighted by Crippen LogP contribution is -1.74. The van der Waals surface area contributed by atoms with Crippen LogP contribution in [0.15, 0.2) is 53.9 Å². The van der Waals surface area contributed by atoms with E-state index in [-0.39, 0.29) is 0 Å². The Balaban J connectivity index is 1.97. The first-order valence-corrected chi connectivity index (χ1v) is 6.92. The number of fused-ring (bicyclic) bond motifs is 1. The van der Waals surface area contributed by atoms with Gasteiger partial charge >= 0.3 is 0 Å². The van der Waals surface area contributed by atoms with Gasteiger partial charge in [0.2, 0.25) is 0 Å². The third-order valence-electron chi connectivity index (χ3n) is 3.01. The normalized spacial score (nSPS) is 11.4. The van der Waals surface area contributed by atoms with E-state index in [1.165, 1.54) is 26.8 Å². The lowest BCUT2D eigenvalue weighted by molar-refractivity contribution is 1.46. The van der Waals surface area contributed by atoms with E-state index in [0.29, 0.717) is 0 Å². The van der Waals surface area contributed by atoms with Gasteiger partial charge in [0.1, 0.15) is 0 Å². The fourth-order valence-corrected chi connectivity index (χ4v) is 3.02. The number of benzene rings is 2. The van der Waals surface area contributed by atoms with E-state index >= 15 is 0 Å². The van der Waals surface area contributed by atoms with Gasteiger partial charge in [0.15, 0.2) is 0 Å². The zero-order valence-electron chi connectivity index (χ0n) is 10.3. The lowest BCUT2D eigenvalue weighted by Gasteiger charge is -1.95. The van der Waals surface area contributed by atoms with Gasteiger partial charge in [-0.2, -0.15) is 0 Å². The van der Waals surface area contributed by atoms with Crippen molar-refractivity contribution in [3.05, 3.63) is 70.6 Å². The van der Waals surface area contributed by atoms with E-state index in [9.17, 15) is 0 Å². The fraction of sp³-hybridized carbons (Fsp3) is 0.0588. The van der Waals surface area contributed by atoms with Gasteiger partial charge in [-0.1, -0.05) is 60.2 Å². The largest absolute Gasteiger partial charge is 0.143 e. The Kier molecular flexibility index (Phi) is 2.99. The fourth-order valence-electron chi connectivity index (χ4n) is 2.09. The van der Waals surface area contributed by atoms with E-state index in [2.05, 4.69) is 73.0 Å². The average Bonchev–Trinajstić information content (AvgIpc) is 2.80. The Bertz CT molecular complexity index is 704. The molecule has 18 heavy (non-hydrogen) atoms. The second-order valence-corrected chi connectivity index (χ2v) is 5.35. The molecule has 0 saturated heterocycles. The Morgan fingerprint density at radius 1 is 0.944 bits per heavy atom. The minimum atomic E-state index is 1.25. The molecule has 0 aliphatic carbocycles. The van der Waals surface area contributed by atoms with Crippen molar-refractivity contribution in [3.63, 3.8) is 0 Å². The van der Waals surface area contributed by atoms with Crippen LogP contribution < -0.4 is 0 Å². The van der Waals surface area contributed by atoms with E-state index < -0.39 is 0 Å². The van der Waals surface area contributed by atoms with Crippen molar-refractivity contribution in [2.75, 3.05) is 0 Å². The number of rotatable bonds is 2. The van der Waals surface area contributed by atoms with Crippen LogP contribution in [-0.2, 0) is 0 Å². The van der Waals surface area contributed by atoms with Crippen molar-refractivity contribution in [1.29, 1.82) is 0 Å². The summed E-state index contributed by atoms with van der Waals surface area (Å²) in [7, 11) is 0. The second-order valence-electron chi connectivity index (χ2n) is 4.43. The summed E-state index contributed by atoms with van der Waals surface area (Å²) >= 11 is 1.80. The Hall–Kier alpha value is -1.86. The Morgan fingerprint density at radius 2 is 1.83 bits per heavy atom. The van der Waals surface area contributed by atoms with E-state index in [1.807, 2.05) is 0 Å². The van der Waals surface area contributed by atoms with Gasteiger partial charge in [0, 0.05) is 4.70 Å². The standard InChI is InChI=1S/C17H14S/c1-13-5-4-6-14(11-13)9-10-15-12-18-17-8-3-2-7-16(15)17/h2-12H,1H3/b10-9-. The predicted octanol–water partition coefficient (Wildman–Crippen LogP) is 5.38. The highest BCUT2D eigenvalue weighted by Gasteiger charge is 1.99. The summed E-state index contributed by atoms with van der Waals surface area (Å²) in [6.07, 6.45) is 4.38. The van der Waals surface area contributed by atoms with E-state index in [0.717, 1.165) is 0 Å². The van der Waals surface area contributed by atoms with Crippen LogP contribution >= 0.6 is 11.3 Å². The summed E-state index contributed by atoms with van der Waals surface area (Å²) in [5.74, 6) is 0. The zero-order chi connectivity index (χ0) is 12.4. The van der Waals surface area contributed by atoms with Crippen molar-refractivity contribution in [1.82, 2.24) is 0 Å². The molecule has 1 heteroatoms. The molecule has 0 radical (unpaired) electrons. The quantitative estimate of drug-likeness (QED) is 0.572. The Labute approximate surface area is 111 Å². The molecule has 1 heterocycles. The molecule has 0 nitrogen and oxygen atoms in total.